The maximum Gasteiger partial charge on any atom is 0.251 e. The van der Waals surface area contributed by atoms with Gasteiger partial charge in [-0.2, -0.15) is 5.10 Å². The molecule has 8 heteroatoms. The molecule has 0 radical (unpaired) electrons. The Hall–Kier alpha value is -3.78. The van der Waals surface area contributed by atoms with E-state index in [2.05, 4.69) is 15.7 Å². The van der Waals surface area contributed by atoms with Crippen LogP contribution in [0.5, 0.6) is 0 Å². The Labute approximate surface area is 190 Å². The molecule has 0 aliphatic carbocycles. The van der Waals surface area contributed by atoms with E-state index in [0.717, 1.165) is 22.0 Å². The molecule has 32 heavy (non-hydrogen) atoms. The molecular formula is C24H23N5O2S. The molecular weight excluding hydrogens is 422 g/mol. The van der Waals surface area contributed by atoms with Crippen molar-refractivity contribution < 1.29 is 9.59 Å². The van der Waals surface area contributed by atoms with Gasteiger partial charge in [-0.1, -0.05) is 54.6 Å². The highest BCUT2D eigenvalue weighted by Crippen LogP contribution is 2.22. The minimum absolute atomic E-state index is 0.0262. The number of nitrogens with zero attached hydrogens (tertiary/aromatic N) is 3. The van der Waals surface area contributed by atoms with Crippen molar-refractivity contribution in [1.29, 1.82) is 0 Å². The van der Waals surface area contributed by atoms with Gasteiger partial charge in [0.1, 0.15) is 6.54 Å². The molecule has 1 aromatic heterocycles. The van der Waals surface area contributed by atoms with E-state index in [0.29, 0.717) is 16.2 Å². The third kappa shape index (κ3) is 4.45. The van der Waals surface area contributed by atoms with E-state index in [1.807, 2.05) is 67.6 Å². The summed E-state index contributed by atoms with van der Waals surface area (Å²) in [6.07, 6.45) is 0. The zero-order chi connectivity index (χ0) is 22.7. The van der Waals surface area contributed by atoms with E-state index in [4.69, 9.17) is 12.2 Å². The second kappa shape index (κ2) is 9.15. The quantitative estimate of drug-likeness (QED) is 0.440. The monoisotopic (exact) mass is 445 g/mol. The van der Waals surface area contributed by atoms with E-state index < -0.39 is 0 Å². The van der Waals surface area contributed by atoms with Crippen LogP contribution in [0.1, 0.15) is 21.7 Å². The molecule has 0 bridgehead atoms. The smallest absolute Gasteiger partial charge is 0.251 e. The van der Waals surface area contributed by atoms with Gasteiger partial charge in [-0.15, -0.1) is 0 Å². The first-order valence-electron chi connectivity index (χ1n) is 10.2. The zero-order valence-electron chi connectivity index (χ0n) is 17.8. The van der Waals surface area contributed by atoms with Crippen LogP contribution in [0.3, 0.4) is 0 Å². The summed E-state index contributed by atoms with van der Waals surface area (Å²) in [5.74, 6) is 0.151. The van der Waals surface area contributed by atoms with E-state index in [1.165, 1.54) is 4.68 Å². The first kappa shape index (κ1) is 21.5. The van der Waals surface area contributed by atoms with Crippen LogP contribution in [-0.4, -0.2) is 26.2 Å². The van der Waals surface area contributed by atoms with Crippen molar-refractivity contribution in [3.8, 4) is 0 Å². The molecule has 4 aromatic rings. The van der Waals surface area contributed by atoms with Crippen molar-refractivity contribution in [2.24, 2.45) is 7.05 Å². The summed E-state index contributed by atoms with van der Waals surface area (Å²) in [4.78, 5) is 25.2. The van der Waals surface area contributed by atoms with Gasteiger partial charge in [0.2, 0.25) is 5.91 Å². The lowest BCUT2D eigenvalue weighted by atomic mass is 10.1. The predicted octanol–water partition coefficient (Wildman–Crippen LogP) is 3.98. The summed E-state index contributed by atoms with van der Waals surface area (Å²) >= 11 is 5.44. The number of nitrogens with one attached hydrogen (secondary N) is 2. The SMILES string of the molecule is Cc1ccccc1C(=O)NCc1nn(CC(=O)Nc2cccc3ccccc23)c(=S)n1C. The largest absolute Gasteiger partial charge is 0.345 e. The number of fused-ring (bicyclic) bond motifs is 1. The number of aromatic nitrogens is 3. The van der Waals surface area contributed by atoms with E-state index in [-0.39, 0.29) is 24.9 Å². The summed E-state index contributed by atoms with van der Waals surface area (Å²) in [7, 11) is 1.77. The van der Waals surface area contributed by atoms with Gasteiger partial charge in [0.15, 0.2) is 10.6 Å². The summed E-state index contributed by atoms with van der Waals surface area (Å²) in [5, 5.41) is 12.3. The topological polar surface area (TPSA) is 80.9 Å². The van der Waals surface area contributed by atoms with Crippen LogP contribution in [-0.2, 0) is 24.9 Å². The maximum absolute atomic E-state index is 12.7. The second-order valence-electron chi connectivity index (χ2n) is 7.49. The van der Waals surface area contributed by atoms with Crippen molar-refractivity contribution in [1.82, 2.24) is 19.7 Å². The number of aryl methyl sites for hydroxylation is 1. The average molecular weight is 446 g/mol. The standard InChI is InChI=1S/C24H23N5O2S/c1-16-8-3-5-11-18(16)23(31)25-14-21-27-29(24(32)28(21)2)15-22(30)26-20-13-7-10-17-9-4-6-12-19(17)20/h3-13H,14-15H2,1-2H3,(H,25,31)(H,26,30). The number of hydrogen-bond donors (Lipinski definition) is 2. The number of benzene rings is 3. The first-order chi connectivity index (χ1) is 15.4. The number of carbonyl (C=O) groups excluding carboxylic acids is 2. The molecule has 7 nitrogen and oxygen atoms in total. The highest BCUT2D eigenvalue weighted by molar-refractivity contribution is 7.71. The van der Waals surface area contributed by atoms with Gasteiger partial charge in [-0.05, 0) is 42.2 Å². The summed E-state index contributed by atoms with van der Waals surface area (Å²) in [6, 6.07) is 21.0. The van der Waals surface area contributed by atoms with Crippen LogP contribution in [0.4, 0.5) is 5.69 Å². The molecule has 0 unspecified atom stereocenters. The van der Waals surface area contributed by atoms with E-state index in [1.54, 1.807) is 17.7 Å². The Balaban J connectivity index is 1.45. The molecule has 2 amide bonds. The third-order valence-electron chi connectivity index (χ3n) is 5.28. The van der Waals surface area contributed by atoms with Gasteiger partial charge in [0.05, 0.1) is 6.54 Å². The van der Waals surface area contributed by atoms with Crippen molar-refractivity contribution in [3.63, 3.8) is 0 Å². The van der Waals surface area contributed by atoms with Crippen molar-refractivity contribution in [3.05, 3.63) is 88.5 Å². The van der Waals surface area contributed by atoms with Crippen LogP contribution < -0.4 is 10.6 Å². The molecule has 0 spiro atoms. The van der Waals surface area contributed by atoms with Gasteiger partial charge in [0, 0.05) is 23.7 Å². The van der Waals surface area contributed by atoms with E-state index >= 15 is 0 Å². The lowest BCUT2D eigenvalue weighted by Gasteiger charge is -2.08. The summed E-state index contributed by atoms with van der Waals surface area (Å²) < 4.78 is 3.56. The Morgan fingerprint density at radius 3 is 2.53 bits per heavy atom. The molecule has 3 aromatic carbocycles. The van der Waals surface area contributed by atoms with Crippen molar-refractivity contribution >= 4 is 40.5 Å². The number of carbonyl (C=O) groups is 2. The van der Waals surface area contributed by atoms with Crippen LogP contribution in [0.2, 0.25) is 0 Å². The van der Waals surface area contributed by atoms with Crippen LogP contribution >= 0.6 is 12.2 Å². The highest BCUT2D eigenvalue weighted by atomic mass is 32.1. The van der Waals surface area contributed by atoms with Gasteiger partial charge in [-0.25, -0.2) is 4.68 Å². The first-order valence-corrected chi connectivity index (χ1v) is 10.6. The lowest BCUT2D eigenvalue weighted by molar-refractivity contribution is -0.116. The fourth-order valence-electron chi connectivity index (χ4n) is 3.53. The minimum Gasteiger partial charge on any atom is -0.345 e. The molecule has 0 saturated carbocycles. The zero-order valence-corrected chi connectivity index (χ0v) is 18.6. The van der Waals surface area contributed by atoms with Crippen LogP contribution in [0, 0.1) is 11.7 Å². The van der Waals surface area contributed by atoms with Crippen molar-refractivity contribution in [2.45, 2.75) is 20.0 Å². The minimum atomic E-state index is -0.231. The molecule has 162 valence electrons. The van der Waals surface area contributed by atoms with Gasteiger partial charge < -0.3 is 15.2 Å². The normalized spacial score (nSPS) is 10.8. The van der Waals surface area contributed by atoms with Crippen LogP contribution in [0.25, 0.3) is 10.8 Å². The fourth-order valence-corrected chi connectivity index (χ4v) is 3.74. The molecule has 4 rings (SSSR count). The molecule has 0 aliphatic rings. The average Bonchev–Trinajstić information content (AvgIpc) is 3.05. The lowest BCUT2D eigenvalue weighted by Crippen LogP contribution is -2.25. The Morgan fingerprint density at radius 2 is 1.72 bits per heavy atom. The number of anilines is 1. The molecule has 2 N–H and O–H groups in total. The number of amides is 2. The third-order valence-corrected chi connectivity index (χ3v) is 5.77. The predicted molar refractivity (Wildman–Crippen MR) is 127 cm³/mol. The molecule has 0 aliphatic heterocycles. The molecule has 0 fully saturated rings. The highest BCUT2D eigenvalue weighted by Gasteiger charge is 2.14. The van der Waals surface area contributed by atoms with Crippen molar-refractivity contribution in [2.75, 3.05) is 5.32 Å². The van der Waals surface area contributed by atoms with Gasteiger partial charge in [-0.3, -0.25) is 9.59 Å². The maximum atomic E-state index is 12.7. The number of hydrogen-bond acceptors (Lipinski definition) is 4. The molecule has 1 heterocycles. The Morgan fingerprint density at radius 1 is 1.00 bits per heavy atom. The second-order valence-corrected chi connectivity index (χ2v) is 7.85. The summed E-state index contributed by atoms with van der Waals surface area (Å²) in [6.45, 7) is 2.06. The Bertz CT molecular complexity index is 1370. The summed E-state index contributed by atoms with van der Waals surface area (Å²) in [5.41, 5.74) is 2.25. The van der Waals surface area contributed by atoms with E-state index in [9.17, 15) is 9.59 Å². The Kier molecular flexibility index (Phi) is 6.13. The fraction of sp³-hybridized carbons (Fsp3) is 0.167. The molecule has 0 atom stereocenters. The van der Waals surface area contributed by atoms with Gasteiger partial charge in [0.25, 0.3) is 5.91 Å². The van der Waals surface area contributed by atoms with Crippen LogP contribution in [0.15, 0.2) is 66.7 Å². The van der Waals surface area contributed by atoms with Gasteiger partial charge >= 0.3 is 0 Å². The molecule has 0 saturated heterocycles. The number of rotatable bonds is 6.